The summed E-state index contributed by atoms with van der Waals surface area (Å²) in [6.45, 7) is 30.1. The molecule has 0 aliphatic heterocycles. The predicted molar refractivity (Wildman–Crippen MR) is 165 cm³/mol. The molecular weight excluding hydrogens is 532 g/mol. The van der Waals surface area contributed by atoms with Crippen LogP contribution in [0.3, 0.4) is 0 Å². The van der Waals surface area contributed by atoms with E-state index in [0.29, 0.717) is 0 Å². The molecule has 0 saturated heterocycles. The first-order valence-corrected chi connectivity index (χ1v) is 17.9. The lowest BCUT2D eigenvalue weighted by atomic mass is 10.2. The molecule has 30 N–H and O–H groups in total. The largest absolute Gasteiger partial charge is 0.353 e. The highest BCUT2D eigenvalue weighted by Crippen LogP contribution is 1.80. The fourth-order valence-corrected chi connectivity index (χ4v) is 6.41. The van der Waals surface area contributed by atoms with E-state index in [9.17, 15) is 0 Å². The second kappa shape index (κ2) is 30.5. The Morgan fingerprint density at radius 2 is 0.333 bits per heavy atom. The summed E-state index contributed by atoms with van der Waals surface area (Å²) in [5.74, 6) is 0. The van der Waals surface area contributed by atoms with Crippen molar-refractivity contribution in [1.82, 2.24) is 0 Å². The SMILES string of the molecule is [NH3+]CC[NH+](CC[NH3+])CC[NH+](CCCC[NH+](CC[NH+](CC[NH3+])CC[NH3+])CC[NH+](CC[NH3+])CC[NH3+])CC[NH+](CC[NH3+])CC[NH3+]. The molecule has 0 aliphatic rings. The van der Waals surface area contributed by atoms with Gasteiger partial charge in [-0.2, -0.15) is 0 Å². The molecule has 0 heterocycles. The summed E-state index contributed by atoms with van der Waals surface area (Å²) in [5.41, 5.74) is 33.0. The van der Waals surface area contributed by atoms with Gasteiger partial charge in [-0.25, -0.2) is 0 Å². The molecule has 0 rings (SSSR count). The molecule has 0 aliphatic carbocycles. The minimum Gasteiger partial charge on any atom is -0.353 e. The van der Waals surface area contributed by atoms with Crippen molar-refractivity contribution in [1.29, 1.82) is 0 Å². The normalized spacial score (nSPS) is 12.4. The highest BCUT2D eigenvalue weighted by molar-refractivity contribution is 4.42. The van der Waals surface area contributed by atoms with Crippen LogP contribution in [0.2, 0.25) is 0 Å². The predicted octanol–water partition coefficient (Wildman–Crippen LogP) is -19.0. The van der Waals surface area contributed by atoms with E-state index in [-0.39, 0.29) is 0 Å². The van der Waals surface area contributed by atoms with E-state index in [1.165, 1.54) is 131 Å². The summed E-state index contributed by atoms with van der Waals surface area (Å²) >= 11 is 0. The zero-order chi connectivity index (χ0) is 31.3. The zero-order valence-electron chi connectivity index (χ0n) is 28.5. The van der Waals surface area contributed by atoms with E-state index >= 15 is 0 Å². The Hall–Kier alpha value is -0.560. The third-order valence-corrected chi connectivity index (χ3v) is 8.88. The van der Waals surface area contributed by atoms with E-state index in [0.717, 1.165) is 52.4 Å². The van der Waals surface area contributed by atoms with Crippen molar-refractivity contribution in [2.75, 3.05) is 170 Å². The fraction of sp³-hybridized carbons (Fsp3) is 1.00. The molecule has 254 valence electrons. The first-order chi connectivity index (χ1) is 20.5. The molecule has 0 saturated carbocycles. The van der Waals surface area contributed by atoms with Gasteiger partial charge in [-0.05, 0) is 0 Å². The number of nitrogens with one attached hydrogen (secondary N) is 6. The number of unbranched alkanes of at least 4 members (excludes halogenated alkanes) is 1. The van der Waals surface area contributed by atoms with Crippen LogP contribution in [0.25, 0.3) is 0 Å². The third-order valence-electron chi connectivity index (χ3n) is 8.88. The topological polar surface area (TPSA) is 248 Å². The highest BCUT2D eigenvalue weighted by atomic mass is 15.2. The quantitative estimate of drug-likeness (QED) is 0.0306. The second-order valence-corrected chi connectivity index (χ2v) is 12.5. The van der Waals surface area contributed by atoms with Gasteiger partial charge in [0.25, 0.3) is 0 Å². The molecule has 0 aromatic heterocycles. The summed E-state index contributed by atoms with van der Waals surface area (Å²) < 4.78 is 0. The highest BCUT2D eigenvalue weighted by Gasteiger charge is 2.20. The summed E-state index contributed by atoms with van der Waals surface area (Å²) in [4.78, 5) is 10.3. The summed E-state index contributed by atoms with van der Waals surface area (Å²) in [6.07, 6.45) is 2.64. The lowest BCUT2D eigenvalue weighted by molar-refractivity contribution is -0.986. The minimum absolute atomic E-state index is 1.01. The van der Waals surface area contributed by atoms with Crippen molar-refractivity contribution in [3.63, 3.8) is 0 Å². The third kappa shape index (κ3) is 22.9. The molecule has 42 heavy (non-hydrogen) atoms. The lowest BCUT2D eigenvalue weighted by Gasteiger charge is -2.26. The van der Waals surface area contributed by atoms with Crippen LogP contribution in [0.4, 0.5) is 0 Å². The summed E-state index contributed by atoms with van der Waals surface area (Å²) in [5, 5.41) is 0. The van der Waals surface area contributed by atoms with Crippen LogP contribution in [0, 0.1) is 0 Å². The Kier molecular flexibility index (Phi) is 30.1. The smallest absolute Gasteiger partial charge is 0.127 e. The molecular formula is C28H86N14+14. The van der Waals surface area contributed by atoms with Gasteiger partial charge in [-0.1, -0.05) is 0 Å². The van der Waals surface area contributed by atoms with E-state index in [2.05, 4.69) is 45.9 Å². The van der Waals surface area contributed by atoms with Gasteiger partial charge < -0.3 is 75.3 Å². The Balaban J connectivity index is 5.16. The van der Waals surface area contributed by atoms with Gasteiger partial charge in [-0.15, -0.1) is 0 Å². The molecule has 0 unspecified atom stereocenters. The maximum absolute atomic E-state index is 4.12. The minimum atomic E-state index is 1.01. The molecule has 0 fully saturated rings. The van der Waals surface area contributed by atoms with Crippen LogP contribution >= 0.6 is 0 Å². The van der Waals surface area contributed by atoms with Gasteiger partial charge in [-0.3, -0.25) is 0 Å². The van der Waals surface area contributed by atoms with Crippen LogP contribution in [-0.4, -0.2) is 170 Å². The van der Waals surface area contributed by atoms with Crippen molar-refractivity contribution < 1.29 is 75.3 Å². The van der Waals surface area contributed by atoms with Crippen LogP contribution in [-0.2, 0) is 0 Å². The van der Waals surface area contributed by atoms with E-state index < -0.39 is 0 Å². The number of rotatable bonds is 33. The van der Waals surface area contributed by atoms with Crippen molar-refractivity contribution >= 4 is 0 Å². The Bertz CT molecular complexity index is 437. The van der Waals surface area contributed by atoms with Crippen LogP contribution in [0.15, 0.2) is 0 Å². The standard InChI is InChI=1S/C28H72N14/c29-3-13-39(14-4-30)25-21-37(22-26-40(15-5-31)16-6-32)11-1-2-12-38(23-27-41(17-7-33)18-8-34)24-28-42(19-9-35)20-10-36/h1-36H2/p+14. The molecule has 0 atom stereocenters. The van der Waals surface area contributed by atoms with E-state index in [4.69, 9.17) is 0 Å². The molecule has 0 spiro atoms. The molecule has 14 nitrogen and oxygen atoms in total. The Labute approximate surface area is 258 Å². The second-order valence-electron chi connectivity index (χ2n) is 12.5. The van der Waals surface area contributed by atoms with E-state index in [1.807, 2.05) is 0 Å². The first-order valence-electron chi connectivity index (χ1n) is 17.9. The number of quaternary nitrogens is 14. The zero-order valence-corrected chi connectivity index (χ0v) is 28.5. The van der Waals surface area contributed by atoms with Crippen molar-refractivity contribution in [3.05, 3.63) is 0 Å². The first kappa shape index (κ1) is 41.4. The average Bonchev–Trinajstić information content (AvgIpc) is 2.97. The van der Waals surface area contributed by atoms with Gasteiger partial charge in [0.05, 0.1) is 13.1 Å². The maximum Gasteiger partial charge on any atom is 0.127 e. The average molecular weight is 619 g/mol. The van der Waals surface area contributed by atoms with Gasteiger partial charge in [0.1, 0.15) is 157 Å². The summed E-state index contributed by atoms with van der Waals surface area (Å²) in [6, 6.07) is 0. The van der Waals surface area contributed by atoms with Gasteiger partial charge in [0.15, 0.2) is 0 Å². The van der Waals surface area contributed by atoms with Crippen molar-refractivity contribution in [2.45, 2.75) is 12.8 Å². The maximum atomic E-state index is 4.12. The fourth-order valence-electron chi connectivity index (χ4n) is 6.41. The van der Waals surface area contributed by atoms with E-state index in [1.54, 1.807) is 29.4 Å². The summed E-state index contributed by atoms with van der Waals surface area (Å²) in [7, 11) is 0. The van der Waals surface area contributed by atoms with Crippen molar-refractivity contribution in [3.8, 4) is 0 Å². The number of hydrogen-bond donors (Lipinski definition) is 14. The van der Waals surface area contributed by atoms with Crippen LogP contribution < -0.4 is 75.3 Å². The molecule has 0 bridgehead atoms. The molecule has 0 amide bonds. The Morgan fingerprint density at radius 1 is 0.190 bits per heavy atom. The van der Waals surface area contributed by atoms with Gasteiger partial charge in [0, 0.05) is 12.8 Å². The molecule has 0 radical (unpaired) electrons. The molecule has 14 heteroatoms. The lowest BCUT2D eigenvalue weighted by Crippen LogP contribution is -3.25. The Morgan fingerprint density at radius 3 is 0.476 bits per heavy atom. The van der Waals surface area contributed by atoms with Crippen LogP contribution in [0.5, 0.6) is 0 Å². The van der Waals surface area contributed by atoms with Gasteiger partial charge >= 0.3 is 0 Å². The monoisotopic (exact) mass is 619 g/mol. The molecule has 0 aromatic rings. The van der Waals surface area contributed by atoms with Crippen molar-refractivity contribution in [2.24, 2.45) is 0 Å². The van der Waals surface area contributed by atoms with Gasteiger partial charge in [0.2, 0.25) is 0 Å². The molecule has 0 aromatic carbocycles. The van der Waals surface area contributed by atoms with Crippen LogP contribution in [0.1, 0.15) is 12.8 Å². The number of hydrogen-bond acceptors (Lipinski definition) is 0.